The van der Waals surface area contributed by atoms with E-state index in [4.69, 9.17) is 14.2 Å². The number of hydrogen-bond acceptors (Lipinski definition) is 7. The Morgan fingerprint density at radius 3 is 2.22 bits per heavy atom. The molecule has 2 amide bonds. The van der Waals surface area contributed by atoms with Gasteiger partial charge in [-0.2, -0.15) is 0 Å². The van der Waals surface area contributed by atoms with Gasteiger partial charge in [0, 0.05) is 13.0 Å². The Morgan fingerprint density at radius 2 is 1.64 bits per heavy atom. The minimum Gasteiger partial charge on any atom is -0.394 e. The Balaban J connectivity index is 1.69. The molecule has 4 N–H and O–H groups in total. The normalized spacial score (nSPS) is 25.5. The van der Waals surface area contributed by atoms with Crippen LogP contribution in [0.2, 0.25) is 0 Å². The van der Waals surface area contributed by atoms with E-state index < -0.39 is 43.4 Å². The van der Waals surface area contributed by atoms with Gasteiger partial charge in [0.1, 0.15) is 30.5 Å². The first-order valence-electron chi connectivity index (χ1n) is 12.1. The molecule has 36 heavy (non-hydrogen) atoms. The summed E-state index contributed by atoms with van der Waals surface area (Å²) in [7, 11) is 0. The number of benzene rings is 2. The molecule has 1 aliphatic heterocycles. The number of carbonyl (C=O) groups is 2. The fourth-order valence-corrected chi connectivity index (χ4v) is 4.19. The Labute approximate surface area is 211 Å². The third-order valence-corrected chi connectivity index (χ3v) is 5.98. The lowest BCUT2D eigenvalue weighted by Crippen LogP contribution is -2.66. The zero-order chi connectivity index (χ0) is 26.1. The van der Waals surface area contributed by atoms with E-state index in [0.29, 0.717) is 6.42 Å². The van der Waals surface area contributed by atoms with E-state index in [1.165, 1.54) is 6.92 Å². The van der Waals surface area contributed by atoms with Gasteiger partial charge in [-0.15, -0.1) is 0 Å². The highest BCUT2D eigenvalue weighted by Crippen LogP contribution is 2.26. The third kappa shape index (κ3) is 7.84. The molecule has 196 valence electrons. The molecule has 1 heterocycles. The predicted molar refractivity (Wildman–Crippen MR) is 133 cm³/mol. The number of amides is 2. The molecule has 0 aliphatic carbocycles. The van der Waals surface area contributed by atoms with Gasteiger partial charge in [-0.1, -0.05) is 60.7 Å². The smallest absolute Gasteiger partial charge is 0.249 e. The molecular weight excluding hydrogens is 464 g/mol. The van der Waals surface area contributed by atoms with Crippen LogP contribution in [-0.4, -0.2) is 71.4 Å². The molecule has 9 heteroatoms. The van der Waals surface area contributed by atoms with Gasteiger partial charge in [-0.3, -0.25) is 9.59 Å². The van der Waals surface area contributed by atoms with Crippen molar-refractivity contribution in [3.63, 3.8) is 0 Å². The first-order chi connectivity index (χ1) is 17.3. The van der Waals surface area contributed by atoms with Gasteiger partial charge >= 0.3 is 0 Å². The molecule has 0 bridgehead atoms. The lowest BCUT2D eigenvalue weighted by molar-refractivity contribution is -0.283. The van der Waals surface area contributed by atoms with E-state index in [0.717, 1.165) is 11.1 Å². The molecule has 0 spiro atoms. The monoisotopic (exact) mass is 500 g/mol. The highest BCUT2D eigenvalue weighted by Gasteiger charge is 2.48. The predicted octanol–water partition coefficient (Wildman–Crippen LogP) is 1.31. The summed E-state index contributed by atoms with van der Waals surface area (Å²) < 4.78 is 17.7. The summed E-state index contributed by atoms with van der Waals surface area (Å²) >= 11 is 0. The topological polar surface area (TPSA) is 126 Å². The number of ether oxygens (including phenoxy) is 3. The summed E-state index contributed by atoms with van der Waals surface area (Å²) in [6, 6.07) is 18.1. The largest absolute Gasteiger partial charge is 0.394 e. The van der Waals surface area contributed by atoms with Crippen LogP contribution in [-0.2, 0) is 36.8 Å². The molecule has 2 aromatic carbocycles. The Kier molecular flexibility index (Phi) is 10.4. The number of carbonyl (C=O) groups excluding carboxylic acids is 2. The first kappa shape index (κ1) is 27.8. The molecule has 0 radical (unpaired) electrons. The maximum absolute atomic E-state index is 12.9. The summed E-state index contributed by atoms with van der Waals surface area (Å²) in [6.07, 6.45) is -4.71. The fourth-order valence-electron chi connectivity index (χ4n) is 4.19. The molecule has 0 saturated carbocycles. The molecule has 3 rings (SSSR count). The second-order valence-electron chi connectivity index (χ2n) is 9.08. The van der Waals surface area contributed by atoms with Crippen LogP contribution in [0.5, 0.6) is 0 Å². The SMILES string of the molecule is CC(=O)NC1C(O[C@@H](C)C(=O)N[C@@H](C)Cc2ccccc2)[C@H](O)C(CO)O[C@@H]1OCc1ccccc1. The summed E-state index contributed by atoms with van der Waals surface area (Å²) in [6.45, 7) is 4.49. The van der Waals surface area contributed by atoms with Crippen LogP contribution in [0.25, 0.3) is 0 Å². The van der Waals surface area contributed by atoms with Crippen molar-refractivity contribution < 1.29 is 34.0 Å². The molecule has 1 aliphatic rings. The quantitative estimate of drug-likeness (QED) is 0.366. The molecule has 1 fully saturated rings. The van der Waals surface area contributed by atoms with Crippen molar-refractivity contribution in [3.05, 3.63) is 71.8 Å². The van der Waals surface area contributed by atoms with Crippen molar-refractivity contribution in [3.8, 4) is 0 Å². The third-order valence-electron chi connectivity index (χ3n) is 5.98. The van der Waals surface area contributed by atoms with Gasteiger partial charge in [-0.05, 0) is 31.4 Å². The second-order valence-corrected chi connectivity index (χ2v) is 9.08. The molecule has 7 atom stereocenters. The van der Waals surface area contributed by atoms with Gasteiger partial charge in [0.05, 0.1) is 13.2 Å². The average molecular weight is 501 g/mol. The first-order valence-corrected chi connectivity index (χ1v) is 12.1. The molecule has 9 nitrogen and oxygen atoms in total. The van der Waals surface area contributed by atoms with Crippen molar-refractivity contribution in [1.82, 2.24) is 10.6 Å². The Bertz CT molecular complexity index is 959. The van der Waals surface area contributed by atoms with E-state index >= 15 is 0 Å². The Morgan fingerprint density at radius 1 is 1.03 bits per heavy atom. The minimum atomic E-state index is -1.31. The molecule has 0 aromatic heterocycles. The summed E-state index contributed by atoms with van der Waals surface area (Å²) in [5.74, 6) is -0.741. The summed E-state index contributed by atoms with van der Waals surface area (Å²) in [5.41, 5.74) is 1.97. The number of rotatable bonds is 11. The van der Waals surface area contributed by atoms with Crippen LogP contribution < -0.4 is 10.6 Å². The lowest BCUT2D eigenvalue weighted by Gasteiger charge is -2.44. The maximum Gasteiger partial charge on any atom is 0.249 e. The van der Waals surface area contributed by atoms with Crippen molar-refractivity contribution in [2.24, 2.45) is 0 Å². The number of aliphatic hydroxyl groups excluding tert-OH is 2. The van der Waals surface area contributed by atoms with Gasteiger partial charge in [0.25, 0.3) is 0 Å². The van der Waals surface area contributed by atoms with E-state index in [2.05, 4.69) is 10.6 Å². The van der Waals surface area contributed by atoms with Crippen LogP contribution in [0.1, 0.15) is 31.9 Å². The van der Waals surface area contributed by atoms with Crippen molar-refractivity contribution in [2.45, 2.75) is 76.6 Å². The summed E-state index contributed by atoms with van der Waals surface area (Å²) in [5, 5.41) is 26.3. The van der Waals surface area contributed by atoms with Gasteiger partial charge in [0.15, 0.2) is 6.29 Å². The van der Waals surface area contributed by atoms with Gasteiger partial charge in [0.2, 0.25) is 11.8 Å². The molecule has 3 unspecified atom stereocenters. The number of aliphatic hydroxyl groups is 2. The van der Waals surface area contributed by atoms with Crippen LogP contribution >= 0.6 is 0 Å². The standard InChI is InChI=1S/C27H36N2O7/c1-17(14-20-10-6-4-7-11-20)28-26(33)18(2)35-25-23(29-19(3)31)27(36-22(15-30)24(25)32)34-16-21-12-8-5-9-13-21/h4-13,17-18,22-25,27,30,32H,14-16H2,1-3H3,(H,28,33)(H,29,31)/t17-,18-,22?,23?,24+,25?,27-/m0/s1. The van der Waals surface area contributed by atoms with Crippen LogP contribution in [0.15, 0.2) is 60.7 Å². The van der Waals surface area contributed by atoms with Gasteiger partial charge in [-0.25, -0.2) is 0 Å². The lowest BCUT2D eigenvalue weighted by atomic mass is 9.96. The zero-order valence-corrected chi connectivity index (χ0v) is 20.9. The van der Waals surface area contributed by atoms with E-state index in [9.17, 15) is 19.8 Å². The van der Waals surface area contributed by atoms with E-state index in [1.54, 1.807) is 6.92 Å². The highest BCUT2D eigenvalue weighted by atomic mass is 16.7. The second kappa shape index (κ2) is 13.5. The fraction of sp³-hybridized carbons (Fsp3) is 0.481. The molecule has 2 aromatic rings. The maximum atomic E-state index is 12.9. The van der Waals surface area contributed by atoms with E-state index in [-0.39, 0.29) is 24.5 Å². The van der Waals surface area contributed by atoms with Crippen LogP contribution in [0.4, 0.5) is 0 Å². The van der Waals surface area contributed by atoms with Crippen LogP contribution in [0, 0.1) is 0 Å². The van der Waals surface area contributed by atoms with Crippen molar-refractivity contribution in [1.29, 1.82) is 0 Å². The average Bonchev–Trinajstić information content (AvgIpc) is 2.86. The van der Waals surface area contributed by atoms with Crippen molar-refractivity contribution >= 4 is 11.8 Å². The summed E-state index contributed by atoms with van der Waals surface area (Å²) in [4.78, 5) is 24.9. The number of nitrogens with one attached hydrogen (secondary N) is 2. The molecule has 1 saturated heterocycles. The zero-order valence-electron chi connectivity index (χ0n) is 20.9. The van der Waals surface area contributed by atoms with Crippen molar-refractivity contribution in [2.75, 3.05) is 6.61 Å². The number of hydrogen-bond donors (Lipinski definition) is 4. The van der Waals surface area contributed by atoms with Crippen LogP contribution in [0.3, 0.4) is 0 Å². The Hall–Kier alpha value is -2.82. The van der Waals surface area contributed by atoms with E-state index in [1.807, 2.05) is 67.6 Å². The minimum absolute atomic E-state index is 0.149. The van der Waals surface area contributed by atoms with Gasteiger partial charge < -0.3 is 35.1 Å². The highest BCUT2D eigenvalue weighted by molar-refractivity contribution is 5.80. The molecular formula is C27H36N2O7.